The average molecular weight is 316 g/mol. The summed E-state index contributed by atoms with van der Waals surface area (Å²) in [6, 6.07) is 16.5. The molecule has 4 heteroatoms. The summed E-state index contributed by atoms with van der Waals surface area (Å²) in [5.74, 6) is 0.552. The van der Waals surface area contributed by atoms with E-state index in [1.54, 1.807) is 0 Å². The van der Waals surface area contributed by atoms with E-state index >= 15 is 0 Å². The lowest BCUT2D eigenvalue weighted by molar-refractivity contribution is 0.668. The van der Waals surface area contributed by atoms with E-state index in [0.29, 0.717) is 5.95 Å². The van der Waals surface area contributed by atoms with Gasteiger partial charge in [0, 0.05) is 4.47 Å². The predicted octanol–water partition coefficient (Wildman–Crippen LogP) is 3.99. The molecule has 0 amide bonds. The van der Waals surface area contributed by atoms with E-state index in [0.717, 1.165) is 15.5 Å². The number of rotatable bonds is 2. The summed E-state index contributed by atoms with van der Waals surface area (Å²) in [6.07, 6.45) is 0. The van der Waals surface area contributed by atoms with Crippen molar-refractivity contribution in [2.45, 2.75) is 13.0 Å². The number of aromatic nitrogens is 2. The SMILES string of the molecule is CC(c1ccc(Br)cc1)n1c(N)nc2ccccc21. The molecule has 96 valence electrons. The van der Waals surface area contributed by atoms with Gasteiger partial charge in [0.1, 0.15) is 0 Å². The van der Waals surface area contributed by atoms with E-state index in [1.807, 2.05) is 36.4 Å². The van der Waals surface area contributed by atoms with Crippen LogP contribution in [-0.4, -0.2) is 9.55 Å². The molecule has 0 radical (unpaired) electrons. The second-order valence-corrected chi connectivity index (χ2v) is 5.47. The van der Waals surface area contributed by atoms with Crippen molar-refractivity contribution < 1.29 is 0 Å². The van der Waals surface area contributed by atoms with E-state index in [9.17, 15) is 0 Å². The van der Waals surface area contributed by atoms with Crippen LogP contribution in [0.2, 0.25) is 0 Å². The number of fused-ring (bicyclic) bond motifs is 1. The van der Waals surface area contributed by atoms with Gasteiger partial charge in [-0.1, -0.05) is 40.2 Å². The molecule has 0 bridgehead atoms. The first-order chi connectivity index (χ1) is 9.16. The van der Waals surface area contributed by atoms with Gasteiger partial charge in [0.25, 0.3) is 0 Å². The molecule has 0 aliphatic heterocycles. The second-order valence-electron chi connectivity index (χ2n) is 4.56. The number of hydrogen-bond donors (Lipinski definition) is 1. The van der Waals surface area contributed by atoms with E-state index in [4.69, 9.17) is 5.73 Å². The number of halogens is 1. The summed E-state index contributed by atoms with van der Waals surface area (Å²) in [4.78, 5) is 4.41. The first-order valence-corrected chi connectivity index (χ1v) is 6.94. The van der Waals surface area contributed by atoms with Crippen LogP contribution in [0.3, 0.4) is 0 Å². The Balaban J connectivity index is 2.13. The first kappa shape index (κ1) is 12.2. The summed E-state index contributed by atoms with van der Waals surface area (Å²) in [6.45, 7) is 2.13. The lowest BCUT2D eigenvalue weighted by atomic mass is 10.1. The van der Waals surface area contributed by atoms with Crippen molar-refractivity contribution in [3.05, 3.63) is 58.6 Å². The number of nitrogens with zero attached hydrogens (tertiary/aromatic N) is 2. The van der Waals surface area contributed by atoms with E-state index in [2.05, 4.69) is 44.5 Å². The molecular weight excluding hydrogens is 302 g/mol. The number of imidazole rings is 1. The summed E-state index contributed by atoms with van der Waals surface area (Å²) in [5.41, 5.74) is 9.27. The number of nitrogens with two attached hydrogens (primary N) is 1. The van der Waals surface area contributed by atoms with Gasteiger partial charge in [-0.2, -0.15) is 0 Å². The molecule has 2 aromatic carbocycles. The maximum atomic E-state index is 6.06. The zero-order chi connectivity index (χ0) is 13.4. The summed E-state index contributed by atoms with van der Waals surface area (Å²) in [7, 11) is 0. The first-order valence-electron chi connectivity index (χ1n) is 6.15. The third-order valence-corrected chi connectivity index (χ3v) is 3.89. The molecule has 0 saturated carbocycles. The van der Waals surface area contributed by atoms with Crippen molar-refractivity contribution >= 4 is 32.9 Å². The smallest absolute Gasteiger partial charge is 0.201 e. The van der Waals surface area contributed by atoms with Crippen molar-refractivity contribution in [1.29, 1.82) is 0 Å². The highest BCUT2D eigenvalue weighted by molar-refractivity contribution is 9.10. The van der Waals surface area contributed by atoms with Crippen molar-refractivity contribution in [1.82, 2.24) is 9.55 Å². The fourth-order valence-electron chi connectivity index (χ4n) is 2.36. The average Bonchev–Trinajstić information content (AvgIpc) is 2.74. The number of para-hydroxylation sites is 2. The minimum Gasteiger partial charge on any atom is -0.369 e. The summed E-state index contributed by atoms with van der Waals surface area (Å²) in [5, 5.41) is 0. The van der Waals surface area contributed by atoms with Crippen molar-refractivity contribution in [3.63, 3.8) is 0 Å². The minimum absolute atomic E-state index is 0.153. The molecule has 19 heavy (non-hydrogen) atoms. The molecule has 1 heterocycles. The highest BCUT2D eigenvalue weighted by Gasteiger charge is 2.14. The molecule has 0 spiro atoms. The summed E-state index contributed by atoms with van der Waals surface area (Å²) >= 11 is 3.45. The molecular formula is C15H14BrN3. The topological polar surface area (TPSA) is 43.8 Å². The lowest BCUT2D eigenvalue weighted by Gasteiger charge is -2.16. The Morgan fingerprint density at radius 3 is 2.53 bits per heavy atom. The van der Waals surface area contributed by atoms with Crippen LogP contribution in [0.15, 0.2) is 53.0 Å². The van der Waals surface area contributed by atoms with Crippen molar-refractivity contribution in [3.8, 4) is 0 Å². The Hall–Kier alpha value is -1.81. The highest BCUT2D eigenvalue weighted by atomic mass is 79.9. The van der Waals surface area contributed by atoms with Gasteiger partial charge in [0.05, 0.1) is 17.1 Å². The molecule has 0 aliphatic rings. The van der Waals surface area contributed by atoms with E-state index in [1.165, 1.54) is 5.56 Å². The molecule has 3 aromatic rings. The lowest BCUT2D eigenvalue weighted by Crippen LogP contribution is -2.10. The number of hydrogen-bond acceptors (Lipinski definition) is 2. The van der Waals surface area contributed by atoms with Crippen LogP contribution in [0.25, 0.3) is 11.0 Å². The third-order valence-electron chi connectivity index (χ3n) is 3.36. The molecule has 0 fully saturated rings. The fourth-order valence-corrected chi connectivity index (χ4v) is 2.62. The number of anilines is 1. The van der Waals surface area contributed by atoms with Gasteiger partial charge < -0.3 is 10.3 Å². The Labute approximate surface area is 120 Å². The van der Waals surface area contributed by atoms with Crippen molar-refractivity contribution in [2.75, 3.05) is 5.73 Å². The van der Waals surface area contributed by atoms with Crippen LogP contribution in [-0.2, 0) is 0 Å². The van der Waals surface area contributed by atoms with E-state index in [-0.39, 0.29) is 6.04 Å². The van der Waals surface area contributed by atoms with Gasteiger partial charge in [-0.05, 0) is 36.8 Å². The molecule has 2 N–H and O–H groups in total. The number of benzene rings is 2. The van der Waals surface area contributed by atoms with Gasteiger partial charge in [-0.3, -0.25) is 0 Å². The quantitative estimate of drug-likeness (QED) is 0.777. The van der Waals surface area contributed by atoms with Gasteiger partial charge >= 0.3 is 0 Å². The fraction of sp³-hybridized carbons (Fsp3) is 0.133. The van der Waals surface area contributed by atoms with Gasteiger partial charge in [-0.25, -0.2) is 4.98 Å². The van der Waals surface area contributed by atoms with Gasteiger partial charge in [-0.15, -0.1) is 0 Å². The highest BCUT2D eigenvalue weighted by Crippen LogP contribution is 2.27. The summed E-state index contributed by atoms with van der Waals surface area (Å²) < 4.78 is 3.14. The molecule has 3 rings (SSSR count). The molecule has 1 aromatic heterocycles. The maximum Gasteiger partial charge on any atom is 0.201 e. The molecule has 1 unspecified atom stereocenters. The zero-order valence-corrected chi connectivity index (χ0v) is 12.1. The Morgan fingerprint density at radius 2 is 1.79 bits per heavy atom. The standard InChI is InChI=1S/C15H14BrN3/c1-10(11-6-8-12(16)9-7-11)19-14-5-3-2-4-13(14)18-15(19)17/h2-10H,1H3,(H2,17,18). The molecule has 0 aliphatic carbocycles. The van der Waals surface area contributed by atoms with Crippen LogP contribution in [0.5, 0.6) is 0 Å². The monoisotopic (exact) mass is 315 g/mol. The predicted molar refractivity (Wildman–Crippen MR) is 82.1 cm³/mol. The number of nitrogen functional groups attached to an aromatic ring is 1. The van der Waals surface area contributed by atoms with Crippen LogP contribution < -0.4 is 5.73 Å². The van der Waals surface area contributed by atoms with Gasteiger partial charge in [0.2, 0.25) is 5.95 Å². The Bertz CT molecular complexity index is 716. The largest absolute Gasteiger partial charge is 0.369 e. The normalized spacial score (nSPS) is 12.7. The minimum atomic E-state index is 0.153. The van der Waals surface area contributed by atoms with Crippen LogP contribution >= 0.6 is 15.9 Å². The van der Waals surface area contributed by atoms with Crippen LogP contribution in [0, 0.1) is 0 Å². The maximum absolute atomic E-state index is 6.06. The van der Waals surface area contributed by atoms with Crippen LogP contribution in [0.4, 0.5) is 5.95 Å². The molecule has 0 saturated heterocycles. The molecule has 1 atom stereocenters. The zero-order valence-electron chi connectivity index (χ0n) is 10.5. The van der Waals surface area contributed by atoms with Gasteiger partial charge in [0.15, 0.2) is 0 Å². The second kappa shape index (κ2) is 4.70. The molecule has 3 nitrogen and oxygen atoms in total. The Morgan fingerprint density at radius 1 is 1.11 bits per heavy atom. The Kier molecular flexibility index (Phi) is 3.03. The van der Waals surface area contributed by atoms with Crippen molar-refractivity contribution in [2.24, 2.45) is 0 Å². The third kappa shape index (κ3) is 2.12. The van der Waals surface area contributed by atoms with E-state index < -0.39 is 0 Å². The van der Waals surface area contributed by atoms with Crippen LogP contribution in [0.1, 0.15) is 18.5 Å².